The summed E-state index contributed by atoms with van der Waals surface area (Å²) in [5.74, 6) is 0. The van der Waals surface area contributed by atoms with Crippen LogP contribution in [0.1, 0.15) is 6.92 Å². The zero-order chi connectivity index (χ0) is 18.2. The van der Waals surface area contributed by atoms with Crippen molar-refractivity contribution >= 4 is 21.8 Å². The Kier molecular flexibility index (Phi) is 3.79. The number of nitrogens with zero attached hydrogens (tertiary/aromatic N) is 1. The Morgan fingerprint density at radius 3 is 2.11 bits per heavy atom. The molecule has 0 atom stereocenters. The van der Waals surface area contributed by atoms with Crippen molar-refractivity contribution in [1.82, 2.24) is 4.57 Å². The third kappa shape index (κ3) is 2.55. The van der Waals surface area contributed by atoms with Crippen LogP contribution >= 0.6 is 0 Å². The Morgan fingerprint density at radius 1 is 0.593 bits per heavy atom. The molecule has 1 nitrogen and oxygen atoms in total. The highest BCUT2D eigenvalue weighted by Gasteiger charge is 2.14. The van der Waals surface area contributed by atoms with Crippen LogP contribution in [0.3, 0.4) is 0 Å². The molecule has 0 amide bonds. The minimum atomic E-state index is 0.958. The van der Waals surface area contributed by atoms with E-state index < -0.39 is 0 Å². The second-order valence-corrected chi connectivity index (χ2v) is 6.91. The summed E-state index contributed by atoms with van der Waals surface area (Å²) in [7, 11) is 0. The van der Waals surface area contributed by atoms with Crippen molar-refractivity contribution in [3.63, 3.8) is 0 Å². The molecule has 0 bridgehead atoms. The van der Waals surface area contributed by atoms with Gasteiger partial charge in [0.15, 0.2) is 0 Å². The van der Waals surface area contributed by atoms with Gasteiger partial charge in [0.2, 0.25) is 0 Å². The van der Waals surface area contributed by atoms with Crippen LogP contribution in [-0.4, -0.2) is 4.57 Å². The zero-order valence-corrected chi connectivity index (χ0v) is 15.4. The summed E-state index contributed by atoms with van der Waals surface area (Å²) in [5.41, 5.74) is 7.70. The number of benzene rings is 4. The number of para-hydroxylation sites is 2. The van der Waals surface area contributed by atoms with E-state index in [9.17, 15) is 0 Å². The fourth-order valence-electron chi connectivity index (χ4n) is 4.17. The van der Waals surface area contributed by atoms with E-state index in [4.69, 9.17) is 0 Å². The van der Waals surface area contributed by atoms with Crippen LogP contribution in [0.4, 0.5) is 0 Å². The third-order valence-electron chi connectivity index (χ3n) is 5.39. The summed E-state index contributed by atoms with van der Waals surface area (Å²) in [6.45, 7) is 3.18. The van der Waals surface area contributed by atoms with Crippen molar-refractivity contribution in [2.45, 2.75) is 13.5 Å². The normalized spacial score (nSPS) is 11.3. The molecule has 1 heterocycles. The van der Waals surface area contributed by atoms with E-state index in [1.807, 2.05) is 0 Å². The van der Waals surface area contributed by atoms with Gasteiger partial charge in [-0.2, -0.15) is 0 Å². The van der Waals surface area contributed by atoms with E-state index in [1.165, 1.54) is 44.1 Å². The van der Waals surface area contributed by atoms with Gasteiger partial charge >= 0.3 is 0 Å². The van der Waals surface area contributed by atoms with Gasteiger partial charge in [-0.3, -0.25) is 0 Å². The monoisotopic (exact) mass is 347 g/mol. The molecule has 0 saturated carbocycles. The van der Waals surface area contributed by atoms with Gasteiger partial charge in [-0.15, -0.1) is 0 Å². The van der Waals surface area contributed by atoms with Gasteiger partial charge in [-0.1, -0.05) is 84.9 Å². The van der Waals surface area contributed by atoms with E-state index in [0.29, 0.717) is 0 Å². The molecule has 0 radical (unpaired) electrons. The molecule has 4 aromatic carbocycles. The van der Waals surface area contributed by atoms with Crippen molar-refractivity contribution in [3.05, 3.63) is 97.1 Å². The van der Waals surface area contributed by atoms with Crippen LogP contribution in [0.25, 0.3) is 44.1 Å². The first-order chi connectivity index (χ1) is 13.4. The van der Waals surface area contributed by atoms with Gasteiger partial charge in [0.05, 0.1) is 5.52 Å². The minimum absolute atomic E-state index is 0.958. The summed E-state index contributed by atoms with van der Waals surface area (Å²) >= 11 is 0. The molecule has 0 aliphatic heterocycles. The molecule has 130 valence electrons. The van der Waals surface area contributed by atoms with E-state index in [0.717, 1.165) is 6.54 Å². The minimum Gasteiger partial charge on any atom is -0.340 e. The lowest BCUT2D eigenvalue weighted by molar-refractivity contribution is 0.828. The summed E-state index contributed by atoms with van der Waals surface area (Å²) < 4.78 is 2.44. The average Bonchev–Trinajstić information content (AvgIpc) is 3.08. The Balaban J connectivity index is 1.79. The SMILES string of the molecule is CCn1c2ccccc2c2cccc(-c3cccc(-c4ccccc4)c3)c21. The van der Waals surface area contributed by atoms with E-state index in [1.54, 1.807) is 0 Å². The first kappa shape index (κ1) is 15.9. The molecular weight excluding hydrogens is 326 g/mol. The third-order valence-corrected chi connectivity index (χ3v) is 5.39. The van der Waals surface area contributed by atoms with Crippen LogP contribution in [0.2, 0.25) is 0 Å². The quantitative estimate of drug-likeness (QED) is 0.326. The smallest absolute Gasteiger partial charge is 0.0570 e. The predicted octanol–water partition coefficient (Wildman–Crippen LogP) is 7.15. The summed E-state index contributed by atoms with van der Waals surface area (Å²) in [5, 5.41) is 2.66. The van der Waals surface area contributed by atoms with Crippen LogP contribution < -0.4 is 0 Å². The first-order valence-corrected chi connectivity index (χ1v) is 9.52. The molecular formula is C26H21N. The highest BCUT2D eigenvalue weighted by molar-refractivity contribution is 6.12. The second kappa shape index (κ2) is 6.44. The van der Waals surface area contributed by atoms with E-state index in [-0.39, 0.29) is 0 Å². The van der Waals surface area contributed by atoms with Crippen molar-refractivity contribution in [2.75, 3.05) is 0 Å². The number of rotatable bonds is 3. The van der Waals surface area contributed by atoms with Gasteiger partial charge in [-0.05, 0) is 35.7 Å². The maximum absolute atomic E-state index is 2.44. The van der Waals surface area contributed by atoms with Crippen molar-refractivity contribution in [2.24, 2.45) is 0 Å². The molecule has 1 heteroatoms. The van der Waals surface area contributed by atoms with Gasteiger partial charge in [0.1, 0.15) is 0 Å². The fourth-order valence-corrected chi connectivity index (χ4v) is 4.17. The van der Waals surface area contributed by atoms with Gasteiger partial charge in [0.25, 0.3) is 0 Å². The van der Waals surface area contributed by atoms with Crippen LogP contribution in [0.15, 0.2) is 97.1 Å². The van der Waals surface area contributed by atoms with E-state index in [2.05, 4.69) is 109 Å². The largest absolute Gasteiger partial charge is 0.340 e. The molecule has 0 aliphatic carbocycles. The molecule has 0 N–H and O–H groups in total. The molecule has 1 aromatic heterocycles. The molecule has 0 spiro atoms. The maximum Gasteiger partial charge on any atom is 0.0570 e. The fraction of sp³-hybridized carbons (Fsp3) is 0.0769. The molecule has 27 heavy (non-hydrogen) atoms. The lowest BCUT2D eigenvalue weighted by atomic mass is 9.97. The first-order valence-electron chi connectivity index (χ1n) is 9.52. The number of hydrogen-bond acceptors (Lipinski definition) is 0. The summed E-state index contributed by atoms with van der Waals surface area (Å²) in [6, 6.07) is 34.9. The zero-order valence-electron chi connectivity index (χ0n) is 15.4. The standard InChI is InChI=1S/C26H21N/c1-2-27-25-17-7-6-14-23(25)24-16-9-15-22(26(24)27)21-13-8-12-20(18-21)19-10-4-3-5-11-19/h3-18H,2H2,1H3. The second-order valence-electron chi connectivity index (χ2n) is 6.91. The lowest BCUT2D eigenvalue weighted by Crippen LogP contribution is -1.95. The highest BCUT2D eigenvalue weighted by Crippen LogP contribution is 2.36. The number of aryl methyl sites for hydroxylation is 1. The van der Waals surface area contributed by atoms with E-state index >= 15 is 0 Å². The van der Waals surface area contributed by atoms with Gasteiger partial charge < -0.3 is 4.57 Å². The van der Waals surface area contributed by atoms with Crippen molar-refractivity contribution < 1.29 is 0 Å². The molecule has 0 fully saturated rings. The Bertz CT molecular complexity index is 1250. The molecule has 0 aliphatic rings. The number of fused-ring (bicyclic) bond motifs is 3. The predicted molar refractivity (Wildman–Crippen MR) is 116 cm³/mol. The Labute approximate surface area is 159 Å². The average molecular weight is 347 g/mol. The summed E-state index contributed by atoms with van der Waals surface area (Å²) in [4.78, 5) is 0. The molecule has 5 aromatic rings. The maximum atomic E-state index is 2.44. The molecule has 0 saturated heterocycles. The lowest BCUT2D eigenvalue weighted by Gasteiger charge is -2.11. The van der Waals surface area contributed by atoms with Crippen LogP contribution in [-0.2, 0) is 6.54 Å². The topological polar surface area (TPSA) is 4.93 Å². The van der Waals surface area contributed by atoms with Gasteiger partial charge in [0, 0.05) is 28.4 Å². The number of aromatic nitrogens is 1. The summed E-state index contributed by atoms with van der Waals surface area (Å²) in [6.07, 6.45) is 0. The van der Waals surface area contributed by atoms with Crippen molar-refractivity contribution in [3.8, 4) is 22.3 Å². The number of hydrogen-bond donors (Lipinski definition) is 0. The van der Waals surface area contributed by atoms with Gasteiger partial charge in [-0.25, -0.2) is 0 Å². The van der Waals surface area contributed by atoms with Crippen LogP contribution in [0.5, 0.6) is 0 Å². The Hall–Kier alpha value is -3.32. The highest BCUT2D eigenvalue weighted by atomic mass is 15.0. The Morgan fingerprint density at radius 2 is 1.26 bits per heavy atom. The van der Waals surface area contributed by atoms with Crippen molar-refractivity contribution in [1.29, 1.82) is 0 Å². The van der Waals surface area contributed by atoms with Crippen LogP contribution in [0, 0.1) is 0 Å². The molecule has 5 rings (SSSR count). The molecule has 0 unspecified atom stereocenters.